The highest BCUT2D eigenvalue weighted by molar-refractivity contribution is 5.81. The van der Waals surface area contributed by atoms with Crippen LogP contribution in [0.3, 0.4) is 0 Å². The molecule has 3 nitrogen and oxygen atoms in total. The summed E-state index contributed by atoms with van der Waals surface area (Å²) in [6, 6.07) is 6.51. The van der Waals surface area contributed by atoms with Crippen molar-refractivity contribution in [1.29, 1.82) is 0 Å². The molecule has 1 aromatic carbocycles. The molecule has 0 spiro atoms. The van der Waals surface area contributed by atoms with Crippen molar-refractivity contribution in [3.63, 3.8) is 0 Å². The van der Waals surface area contributed by atoms with E-state index < -0.39 is 0 Å². The topological polar surface area (TPSA) is 18.5 Å². The zero-order valence-corrected chi connectivity index (χ0v) is 17.1. The van der Waals surface area contributed by atoms with Gasteiger partial charge in [0.15, 0.2) is 0 Å². The second-order valence-electron chi connectivity index (χ2n) is 6.89. The third-order valence-electron chi connectivity index (χ3n) is 4.91. The van der Waals surface area contributed by atoms with E-state index in [4.69, 9.17) is 0 Å². The van der Waals surface area contributed by atoms with Gasteiger partial charge in [-0.2, -0.15) is 0 Å². The third kappa shape index (κ3) is 5.16. The first-order valence-corrected chi connectivity index (χ1v) is 9.67. The van der Waals surface area contributed by atoms with Gasteiger partial charge in [-0.3, -0.25) is 0 Å². The van der Waals surface area contributed by atoms with Crippen LogP contribution >= 0.6 is 0 Å². The SMILES string of the molecule is C=CC/C=C\C=C(/C)CCN1C(=C)CN(C(=C)CC)c2cc(NC)ccc21. The molecule has 0 amide bonds. The highest BCUT2D eigenvalue weighted by Gasteiger charge is 2.26. The summed E-state index contributed by atoms with van der Waals surface area (Å²) in [6.45, 7) is 18.4. The Morgan fingerprint density at radius 1 is 1.30 bits per heavy atom. The van der Waals surface area contributed by atoms with E-state index in [2.05, 4.69) is 85.1 Å². The number of allylic oxidation sites excluding steroid dienone is 5. The van der Waals surface area contributed by atoms with E-state index >= 15 is 0 Å². The predicted octanol–water partition coefficient (Wildman–Crippen LogP) is 6.26. The molecule has 0 radical (unpaired) electrons. The van der Waals surface area contributed by atoms with Crippen molar-refractivity contribution >= 4 is 17.1 Å². The van der Waals surface area contributed by atoms with Crippen LogP contribution in [-0.4, -0.2) is 20.1 Å². The van der Waals surface area contributed by atoms with Gasteiger partial charge in [-0.15, -0.1) is 6.58 Å². The molecule has 1 aliphatic heterocycles. The van der Waals surface area contributed by atoms with E-state index in [-0.39, 0.29) is 0 Å². The molecule has 2 rings (SSSR count). The average Bonchev–Trinajstić information content (AvgIpc) is 2.69. The lowest BCUT2D eigenvalue weighted by Gasteiger charge is -2.41. The van der Waals surface area contributed by atoms with Crippen LogP contribution in [0.25, 0.3) is 0 Å². The van der Waals surface area contributed by atoms with Gasteiger partial charge in [0.1, 0.15) is 0 Å². The average molecular weight is 364 g/mol. The number of nitrogens with zero attached hydrogens (tertiary/aromatic N) is 2. The first-order valence-electron chi connectivity index (χ1n) is 9.67. The molecule has 0 saturated heterocycles. The first kappa shape index (κ1) is 20.6. The summed E-state index contributed by atoms with van der Waals surface area (Å²) in [5.74, 6) is 0. The Morgan fingerprint density at radius 2 is 2.07 bits per heavy atom. The normalized spacial score (nSPS) is 14.5. The highest BCUT2D eigenvalue weighted by atomic mass is 15.3. The van der Waals surface area contributed by atoms with E-state index in [0.29, 0.717) is 0 Å². The summed E-state index contributed by atoms with van der Waals surface area (Å²) in [5.41, 5.74) is 7.11. The molecule has 144 valence electrons. The van der Waals surface area contributed by atoms with Crippen molar-refractivity contribution in [3.05, 3.63) is 79.2 Å². The fraction of sp³-hybridized carbons (Fsp3) is 0.333. The van der Waals surface area contributed by atoms with Crippen LogP contribution in [0.4, 0.5) is 17.1 Å². The molecule has 1 heterocycles. The molecule has 0 fully saturated rings. The van der Waals surface area contributed by atoms with Crippen LogP contribution in [0.15, 0.2) is 79.2 Å². The summed E-state index contributed by atoms with van der Waals surface area (Å²) < 4.78 is 0. The Morgan fingerprint density at radius 3 is 2.74 bits per heavy atom. The maximum absolute atomic E-state index is 4.35. The van der Waals surface area contributed by atoms with Crippen molar-refractivity contribution in [2.45, 2.75) is 33.1 Å². The molecule has 0 aliphatic carbocycles. The van der Waals surface area contributed by atoms with Crippen molar-refractivity contribution < 1.29 is 0 Å². The molecule has 1 aliphatic rings. The zero-order valence-electron chi connectivity index (χ0n) is 17.1. The molecule has 0 saturated carbocycles. The maximum atomic E-state index is 4.35. The number of anilines is 3. The lowest BCUT2D eigenvalue weighted by molar-refractivity contribution is 0.790. The standard InChI is InChI=1S/C24H33N3/c1-7-9-10-11-12-19(3)15-16-26-21(5)18-27(20(4)8-2)24-17-22(25-6)13-14-23(24)26/h7,10-14,17,25H,1,4-5,8-9,15-16,18H2,2-3,6H3/b11-10-,19-12+. The van der Waals surface area contributed by atoms with Gasteiger partial charge in [0.25, 0.3) is 0 Å². The van der Waals surface area contributed by atoms with E-state index in [0.717, 1.165) is 49.4 Å². The minimum atomic E-state index is 0.787. The van der Waals surface area contributed by atoms with Gasteiger partial charge < -0.3 is 15.1 Å². The fourth-order valence-corrected chi connectivity index (χ4v) is 3.18. The predicted molar refractivity (Wildman–Crippen MR) is 122 cm³/mol. The van der Waals surface area contributed by atoms with Gasteiger partial charge in [-0.05, 0) is 44.4 Å². The summed E-state index contributed by atoms with van der Waals surface area (Å²) in [7, 11) is 1.95. The number of hydrogen-bond acceptors (Lipinski definition) is 3. The number of fused-ring (bicyclic) bond motifs is 1. The highest BCUT2D eigenvalue weighted by Crippen LogP contribution is 2.40. The Balaban J connectivity index is 2.23. The monoisotopic (exact) mass is 363 g/mol. The van der Waals surface area contributed by atoms with Gasteiger partial charge in [-0.25, -0.2) is 0 Å². The minimum absolute atomic E-state index is 0.787. The quantitative estimate of drug-likeness (QED) is 0.412. The van der Waals surface area contributed by atoms with Crippen LogP contribution in [0.5, 0.6) is 0 Å². The fourth-order valence-electron chi connectivity index (χ4n) is 3.18. The summed E-state index contributed by atoms with van der Waals surface area (Å²) in [5, 5.41) is 3.24. The zero-order chi connectivity index (χ0) is 19.8. The molecule has 0 atom stereocenters. The number of rotatable bonds is 9. The van der Waals surface area contributed by atoms with Crippen LogP contribution in [-0.2, 0) is 0 Å². The van der Waals surface area contributed by atoms with E-state index in [1.807, 2.05) is 13.1 Å². The van der Waals surface area contributed by atoms with Crippen LogP contribution < -0.4 is 15.1 Å². The summed E-state index contributed by atoms with van der Waals surface area (Å²) >= 11 is 0. The molecule has 3 heteroatoms. The molecule has 27 heavy (non-hydrogen) atoms. The second-order valence-corrected chi connectivity index (χ2v) is 6.89. The Kier molecular flexibility index (Phi) is 7.54. The Bertz CT molecular complexity index is 755. The van der Waals surface area contributed by atoms with Crippen LogP contribution in [0.2, 0.25) is 0 Å². The number of hydrogen-bond donors (Lipinski definition) is 1. The minimum Gasteiger partial charge on any atom is -0.388 e. The van der Waals surface area contributed by atoms with Gasteiger partial charge in [-0.1, -0.05) is 50.0 Å². The number of benzene rings is 1. The molecule has 0 unspecified atom stereocenters. The maximum Gasteiger partial charge on any atom is 0.0673 e. The lowest BCUT2D eigenvalue weighted by Crippen LogP contribution is -2.38. The van der Waals surface area contributed by atoms with Crippen LogP contribution in [0.1, 0.15) is 33.1 Å². The van der Waals surface area contributed by atoms with Gasteiger partial charge in [0.05, 0.1) is 17.9 Å². The molecule has 1 aromatic rings. The first-order chi connectivity index (χ1) is 13.0. The lowest BCUT2D eigenvalue weighted by atomic mass is 10.1. The molecular formula is C24H33N3. The van der Waals surface area contributed by atoms with Gasteiger partial charge in [0.2, 0.25) is 0 Å². The van der Waals surface area contributed by atoms with Crippen molar-refractivity contribution in [2.75, 3.05) is 35.3 Å². The van der Waals surface area contributed by atoms with Crippen molar-refractivity contribution in [1.82, 2.24) is 0 Å². The summed E-state index contributed by atoms with van der Waals surface area (Å²) in [6.07, 6.45) is 11.2. The molecular weight excluding hydrogens is 330 g/mol. The summed E-state index contributed by atoms with van der Waals surface area (Å²) in [4.78, 5) is 4.63. The Labute approximate surface area is 165 Å². The van der Waals surface area contributed by atoms with Crippen LogP contribution in [0, 0.1) is 0 Å². The van der Waals surface area contributed by atoms with Gasteiger partial charge in [0, 0.05) is 30.7 Å². The van der Waals surface area contributed by atoms with E-state index in [1.54, 1.807) is 0 Å². The van der Waals surface area contributed by atoms with E-state index in [9.17, 15) is 0 Å². The molecule has 0 aromatic heterocycles. The van der Waals surface area contributed by atoms with Crippen molar-refractivity contribution in [3.8, 4) is 0 Å². The molecule has 1 N–H and O–H groups in total. The Hall–Kier alpha value is -2.68. The second kappa shape index (κ2) is 9.86. The smallest absolute Gasteiger partial charge is 0.0673 e. The molecule has 0 bridgehead atoms. The largest absolute Gasteiger partial charge is 0.388 e. The number of nitrogens with one attached hydrogen (secondary N) is 1. The van der Waals surface area contributed by atoms with Crippen molar-refractivity contribution in [2.24, 2.45) is 0 Å². The van der Waals surface area contributed by atoms with Gasteiger partial charge >= 0.3 is 0 Å². The van der Waals surface area contributed by atoms with E-state index in [1.165, 1.54) is 16.9 Å². The third-order valence-corrected chi connectivity index (χ3v) is 4.91.